The lowest BCUT2D eigenvalue weighted by atomic mass is 10.1. The van der Waals surface area contributed by atoms with Crippen molar-refractivity contribution in [2.24, 2.45) is 5.73 Å². The van der Waals surface area contributed by atoms with E-state index in [1.54, 1.807) is 0 Å². The van der Waals surface area contributed by atoms with Gasteiger partial charge in [0.25, 0.3) is 5.91 Å². The van der Waals surface area contributed by atoms with E-state index < -0.39 is 15.9 Å². The van der Waals surface area contributed by atoms with Crippen molar-refractivity contribution >= 4 is 15.9 Å². The molecule has 1 aromatic heterocycles. The highest BCUT2D eigenvalue weighted by atomic mass is 32.2. The number of carbonyl (C=O) groups excluding carboxylic acids is 1. The van der Waals surface area contributed by atoms with E-state index >= 15 is 0 Å². The van der Waals surface area contributed by atoms with Crippen molar-refractivity contribution in [1.82, 2.24) is 9.62 Å². The van der Waals surface area contributed by atoms with Crippen molar-refractivity contribution in [1.29, 1.82) is 0 Å². The van der Waals surface area contributed by atoms with Gasteiger partial charge in [-0.15, -0.1) is 0 Å². The van der Waals surface area contributed by atoms with Gasteiger partial charge in [0.15, 0.2) is 5.76 Å². The first-order valence-electron chi connectivity index (χ1n) is 7.35. The van der Waals surface area contributed by atoms with Crippen molar-refractivity contribution in [2.75, 3.05) is 20.6 Å². The van der Waals surface area contributed by atoms with Crippen LogP contribution in [-0.2, 0) is 10.0 Å². The summed E-state index contributed by atoms with van der Waals surface area (Å²) in [6, 6.07) is 10.2. The molecule has 0 aliphatic rings. The van der Waals surface area contributed by atoms with Crippen LogP contribution < -0.4 is 11.1 Å². The molecule has 0 saturated carbocycles. The lowest BCUT2D eigenvalue weighted by molar-refractivity contribution is 0.0922. The van der Waals surface area contributed by atoms with E-state index in [0.29, 0.717) is 0 Å². The molecule has 7 nitrogen and oxygen atoms in total. The van der Waals surface area contributed by atoms with Crippen LogP contribution in [0.5, 0.6) is 0 Å². The number of amides is 1. The van der Waals surface area contributed by atoms with Crippen molar-refractivity contribution in [3.63, 3.8) is 0 Å². The summed E-state index contributed by atoms with van der Waals surface area (Å²) >= 11 is 0. The number of aryl methyl sites for hydroxylation is 1. The van der Waals surface area contributed by atoms with Gasteiger partial charge in [0.05, 0.1) is 0 Å². The van der Waals surface area contributed by atoms with Gasteiger partial charge in [-0.3, -0.25) is 4.79 Å². The average Bonchev–Trinajstić information content (AvgIpc) is 2.95. The van der Waals surface area contributed by atoms with Gasteiger partial charge in [-0.05, 0) is 12.5 Å². The molecular formula is C16H21N3O4S. The number of nitrogens with two attached hydrogens (primary N) is 1. The third-order valence-corrected chi connectivity index (χ3v) is 5.49. The highest BCUT2D eigenvalue weighted by Crippen LogP contribution is 2.22. The van der Waals surface area contributed by atoms with Gasteiger partial charge in [-0.1, -0.05) is 30.3 Å². The highest BCUT2D eigenvalue weighted by molar-refractivity contribution is 7.89. The summed E-state index contributed by atoms with van der Waals surface area (Å²) in [5, 5.41) is 2.65. The fourth-order valence-electron chi connectivity index (χ4n) is 2.14. The summed E-state index contributed by atoms with van der Waals surface area (Å²) in [7, 11) is -0.825. The van der Waals surface area contributed by atoms with Gasteiger partial charge >= 0.3 is 0 Å². The first kappa shape index (κ1) is 18.2. The molecule has 3 N–H and O–H groups in total. The molecule has 0 fully saturated rings. The zero-order valence-electron chi connectivity index (χ0n) is 13.8. The summed E-state index contributed by atoms with van der Waals surface area (Å²) in [5.41, 5.74) is 6.91. The Kier molecular flexibility index (Phi) is 5.43. The zero-order valence-corrected chi connectivity index (χ0v) is 14.6. The Balaban J connectivity index is 2.09. The van der Waals surface area contributed by atoms with Gasteiger partial charge in [0, 0.05) is 32.7 Å². The van der Waals surface area contributed by atoms with Crippen LogP contribution in [0.1, 0.15) is 27.9 Å². The Hall–Kier alpha value is -2.16. The van der Waals surface area contributed by atoms with Crippen molar-refractivity contribution in [3.05, 3.63) is 53.5 Å². The molecule has 1 unspecified atom stereocenters. The molecule has 0 aliphatic carbocycles. The summed E-state index contributed by atoms with van der Waals surface area (Å²) in [4.78, 5) is 12.2. The fraction of sp³-hybridized carbons (Fsp3) is 0.312. The van der Waals surface area contributed by atoms with Crippen LogP contribution in [0.3, 0.4) is 0 Å². The molecule has 130 valence electrons. The normalized spacial score (nSPS) is 13.0. The maximum atomic E-state index is 12.2. The van der Waals surface area contributed by atoms with E-state index in [1.807, 2.05) is 30.3 Å². The van der Waals surface area contributed by atoms with Crippen LogP contribution in [0.4, 0.5) is 0 Å². The van der Waals surface area contributed by atoms with E-state index in [-0.39, 0.29) is 29.0 Å². The SMILES string of the molecule is Cc1oc(C(=O)NCC(N)c2ccccc2)cc1S(=O)(=O)N(C)C. The largest absolute Gasteiger partial charge is 0.455 e. The van der Waals surface area contributed by atoms with Crippen LogP contribution in [0.2, 0.25) is 0 Å². The summed E-state index contributed by atoms with van der Waals surface area (Å²) < 4.78 is 30.7. The van der Waals surface area contributed by atoms with Crippen LogP contribution in [0, 0.1) is 6.92 Å². The van der Waals surface area contributed by atoms with Gasteiger partial charge in [0.2, 0.25) is 10.0 Å². The van der Waals surface area contributed by atoms with Crippen LogP contribution in [0.15, 0.2) is 45.7 Å². The number of carbonyl (C=O) groups is 1. The quantitative estimate of drug-likeness (QED) is 0.815. The van der Waals surface area contributed by atoms with E-state index in [4.69, 9.17) is 10.2 Å². The maximum absolute atomic E-state index is 12.2. The first-order valence-corrected chi connectivity index (χ1v) is 8.79. The Morgan fingerprint density at radius 2 is 1.92 bits per heavy atom. The van der Waals surface area contributed by atoms with Gasteiger partial charge in [0.1, 0.15) is 10.7 Å². The van der Waals surface area contributed by atoms with Crippen molar-refractivity contribution < 1.29 is 17.6 Å². The number of furan rings is 1. The molecule has 1 heterocycles. The minimum atomic E-state index is -3.66. The molecule has 1 aromatic carbocycles. The minimum absolute atomic E-state index is 0.0231. The maximum Gasteiger partial charge on any atom is 0.287 e. The summed E-state index contributed by atoms with van der Waals surface area (Å²) in [6.07, 6.45) is 0. The smallest absolute Gasteiger partial charge is 0.287 e. The van der Waals surface area contributed by atoms with E-state index in [2.05, 4.69) is 5.32 Å². The monoisotopic (exact) mass is 351 g/mol. The van der Waals surface area contributed by atoms with Crippen LogP contribution >= 0.6 is 0 Å². The lowest BCUT2D eigenvalue weighted by Gasteiger charge is -2.12. The number of hydrogen-bond acceptors (Lipinski definition) is 5. The van der Waals surface area contributed by atoms with Gasteiger partial charge in [-0.25, -0.2) is 12.7 Å². The Morgan fingerprint density at radius 1 is 1.29 bits per heavy atom. The van der Waals surface area contributed by atoms with Gasteiger partial charge < -0.3 is 15.5 Å². The summed E-state index contributed by atoms with van der Waals surface area (Å²) in [5.74, 6) is -0.404. The zero-order chi connectivity index (χ0) is 17.9. The first-order chi connectivity index (χ1) is 11.2. The molecule has 8 heteroatoms. The predicted octanol–water partition coefficient (Wildman–Crippen LogP) is 1.27. The third-order valence-electron chi connectivity index (χ3n) is 3.56. The topological polar surface area (TPSA) is 106 Å². The Bertz CT molecular complexity index is 813. The minimum Gasteiger partial charge on any atom is -0.455 e. The second kappa shape index (κ2) is 7.16. The molecule has 0 saturated heterocycles. The standard InChI is InChI=1S/C16H21N3O4S/c1-11-15(24(21,22)19(2)3)9-14(23-11)16(20)18-10-13(17)12-7-5-4-6-8-12/h4-9,13H,10,17H2,1-3H3,(H,18,20). The molecule has 0 spiro atoms. The Morgan fingerprint density at radius 3 is 2.50 bits per heavy atom. The lowest BCUT2D eigenvalue weighted by Crippen LogP contribution is -2.31. The second-order valence-electron chi connectivity index (χ2n) is 5.55. The Labute approximate surface area is 141 Å². The molecule has 1 atom stereocenters. The summed E-state index contributed by atoms with van der Waals surface area (Å²) in [6.45, 7) is 1.71. The fourth-order valence-corrected chi connectivity index (χ4v) is 3.19. The molecule has 0 aliphatic heterocycles. The second-order valence-corrected chi connectivity index (χ2v) is 7.67. The van der Waals surface area contributed by atoms with E-state index in [1.165, 1.54) is 27.1 Å². The number of nitrogens with zero attached hydrogens (tertiary/aromatic N) is 1. The van der Waals surface area contributed by atoms with Crippen molar-refractivity contribution in [2.45, 2.75) is 17.9 Å². The van der Waals surface area contributed by atoms with Crippen LogP contribution in [0.25, 0.3) is 0 Å². The molecule has 2 aromatic rings. The molecular weight excluding hydrogens is 330 g/mol. The molecule has 0 radical (unpaired) electrons. The number of rotatable bonds is 6. The predicted molar refractivity (Wildman–Crippen MR) is 90.0 cm³/mol. The van der Waals surface area contributed by atoms with E-state index in [9.17, 15) is 13.2 Å². The van der Waals surface area contributed by atoms with E-state index in [0.717, 1.165) is 9.87 Å². The molecule has 24 heavy (non-hydrogen) atoms. The number of benzene rings is 1. The van der Waals surface area contributed by atoms with Crippen molar-refractivity contribution in [3.8, 4) is 0 Å². The molecule has 2 rings (SSSR count). The van der Waals surface area contributed by atoms with Crippen LogP contribution in [-0.4, -0.2) is 39.3 Å². The number of nitrogens with one attached hydrogen (secondary N) is 1. The molecule has 0 bridgehead atoms. The highest BCUT2D eigenvalue weighted by Gasteiger charge is 2.26. The third kappa shape index (κ3) is 3.84. The average molecular weight is 351 g/mol. The number of hydrogen-bond donors (Lipinski definition) is 2. The van der Waals surface area contributed by atoms with Gasteiger partial charge in [-0.2, -0.15) is 0 Å². The molecule has 1 amide bonds. The number of sulfonamides is 1.